The molecule has 0 bridgehead atoms. The van der Waals surface area contributed by atoms with Crippen LogP contribution in [-0.2, 0) is 9.59 Å². The van der Waals surface area contributed by atoms with Crippen LogP contribution in [0.25, 0.3) is 0 Å². The van der Waals surface area contributed by atoms with Crippen molar-refractivity contribution < 1.29 is 19.1 Å². The number of halogens is 1. The lowest BCUT2D eigenvalue weighted by Crippen LogP contribution is -2.47. The minimum Gasteiger partial charge on any atom is -0.388 e. The summed E-state index contributed by atoms with van der Waals surface area (Å²) in [4.78, 5) is 23.6. The first-order valence-electron chi connectivity index (χ1n) is 7.47. The minimum absolute atomic E-state index is 0.0569. The highest BCUT2D eigenvalue weighted by Crippen LogP contribution is 2.27. The van der Waals surface area contributed by atoms with Crippen molar-refractivity contribution in [3.63, 3.8) is 0 Å². The van der Waals surface area contributed by atoms with Crippen LogP contribution in [0.4, 0.5) is 10.1 Å². The molecule has 2 rings (SSSR count). The summed E-state index contributed by atoms with van der Waals surface area (Å²) < 4.78 is 13.2. The second kappa shape index (κ2) is 6.87. The van der Waals surface area contributed by atoms with Gasteiger partial charge in [0.25, 0.3) is 0 Å². The summed E-state index contributed by atoms with van der Waals surface area (Å²) in [7, 11) is 0. The Morgan fingerprint density at radius 3 is 2.59 bits per heavy atom. The van der Waals surface area contributed by atoms with Crippen molar-refractivity contribution in [2.24, 2.45) is 0 Å². The Labute approximate surface area is 128 Å². The van der Waals surface area contributed by atoms with Crippen LogP contribution in [0.3, 0.4) is 0 Å². The van der Waals surface area contributed by atoms with Crippen molar-refractivity contribution in [3.8, 4) is 0 Å². The average molecular weight is 308 g/mol. The van der Waals surface area contributed by atoms with E-state index in [0.29, 0.717) is 18.4 Å². The van der Waals surface area contributed by atoms with Gasteiger partial charge in [-0.3, -0.25) is 9.59 Å². The predicted octanol–water partition coefficient (Wildman–Crippen LogP) is 1.88. The summed E-state index contributed by atoms with van der Waals surface area (Å²) >= 11 is 0. The molecular formula is C16H21FN2O3. The third-order valence-electron chi connectivity index (χ3n) is 4.02. The molecule has 1 fully saturated rings. The fraction of sp³-hybridized carbons (Fsp3) is 0.500. The second-order valence-electron chi connectivity index (χ2n) is 5.88. The Morgan fingerprint density at radius 2 is 1.91 bits per heavy atom. The van der Waals surface area contributed by atoms with E-state index in [1.54, 1.807) is 6.92 Å². The number of aliphatic hydroxyl groups is 1. The Kier molecular flexibility index (Phi) is 5.13. The van der Waals surface area contributed by atoms with E-state index in [1.807, 2.05) is 0 Å². The lowest BCUT2D eigenvalue weighted by Gasteiger charge is -2.31. The van der Waals surface area contributed by atoms with E-state index in [1.165, 1.54) is 12.1 Å². The van der Waals surface area contributed by atoms with Gasteiger partial charge >= 0.3 is 11.8 Å². The fourth-order valence-electron chi connectivity index (χ4n) is 2.62. The highest BCUT2D eigenvalue weighted by atomic mass is 19.1. The quantitative estimate of drug-likeness (QED) is 0.746. The third kappa shape index (κ3) is 4.27. The molecule has 0 aliphatic heterocycles. The maximum absolute atomic E-state index is 13.2. The molecule has 0 aromatic heterocycles. The predicted molar refractivity (Wildman–Crippen MR) is 80.8 cm³/mol. The van der Waals surface area contributed by atoms with Crippen molar-refractivity contribution >= 4 is 17.5 Å². The van der Waals surface area contributed by atoms with Gasteiger partial charge in [0.05, 0.1) is 5.60 Å². The molecule has 0 spiro atoms. The van der Waals surface area contributed by atoms with Crippen LogP contribution in [0.5, 0.6) is 0 Å². The molecule has 1 aliphatic rings. The molecule has 6 heteroatoms. The molecule has 0 radical (unpaired) electrons. The Bertz CT molecular complexity index is 569. The van der Waals surface area contributed by atoms with Gasteiger partial charge in [-0.1, -0.05) is 25.3 Å². The largest absolute Gasteiger partial charge is 0.388 e. The molecule has 0 saturated heterocycles. The molecule has 1 aromatic rings. The summed E-state index contributed by atoms with van der Waals surface area (Å²) in [5, 5.41) is 15.1. The fourth-order valence-corrected chi connectivity index (χ4v) is 2.62. The van der Waals surface area contributed by atoms with Crippen molar-refractivity contribution in [3.05, 3.63) is 29.6 Å². The van der Waals surface area contributed by atoms with E-state index in [2.05, 4.69) is 10.6 Å². The first-order chi connectivity index (χ1) is 10.4. The molecule has 2 amide bonds. The molecule has 0 atom stereocenters. The normalized spacial score (nSPS) is 16.9. The monoisotopic (exact) mass is 308 g/mol. The van der Waals surface area contributed by atoms with Gasteiger partial charge in [0.2, 0.25) is 0 Å². The number of nitrogens with one attached hydrogen (secondary N) is 2. The van der Waals surface area contributed by atoms with Gasteiger partial charge in [-0.05, 0) is 37.5 Å². The van der Waals surface area contributed by atoms with Gasteiger partial charge in [0.15, 0.2) is 0 Å². The van der Waals surface area contributed by atoms with Crippen LogP contribution in [-0.4, -0.2) is 29.1 Å². The topological polar surface area (TPSA) is 78.4 Å². The number of aryl methyl sites for hydroxylation is 1. The van der Waals surface area contributed by atoms with Crippen molar-refractivity contribution in [2.75, 3.05) is 11.9 Å². The van der Waals surface area contributed by atoms with Gasteiger partial charge < -0.3 is 15.7 Å². The number of carbonyl (C=O) groups excluding carboxylic acids is 2. The van der Waals surface area contributed by atoms with E-state index >= 15 is 0 Å². The maximum atomic E-state index is 13.2. The summed E-state index contributed by atoms with van der Waals surface area (Å²) in [6.45, 7) is 1.76. The van der Waals surface area contributed by atoms with Gasteiger partial charge in [-0.25, -0.2) is 4.39 Å². The summed E-state index contributed by atoms with van der Waals surface area (Å²) in [5.74, 6) is -2.19. The standard InChI is InChI=1S/C16H21FN2O3/c1-11-5-6-12(17)9-13(11)19-15(21)14(20)18-10-16(22)7-3-2-4-8-16/h5-6,9,22H,2-4,7-8,10H2,1H3,(H,18,20)(H,19,21). The number of rotatable bonds is 3. The molecule has 1 aromatic carbocycles. The van der Waals surface area contributed by atoms with Crippen molar-refractivity contribution in [1.29, 1.82) is 0 Å². The smallest absolute Gasteiger partial charge is 0.313 e. The zero-order valence-corrected chi connectivity index (χ0v) is 12.6. The van der Waals surface area contributed by atoms with Crippen LogP contribution in [0.1, 0.15) is 37.7 Å². The van der Waals surface area contributed by atoms with E-state index in [4.69, 9.17) is 0 Å². The molecular weight excluding hydrogens is 287 g/mol. The zero-order chi connectivity index (χ0) is 16.2. The van der Waals surface area contributed by atoms with Crippen LogP contribution in [0.15, 0.2) is 18.2 Å². The SMILES string of the molecule is Cc1ccc(F)cc1NC(=O)C(=O)NCC1(O)CCCCC1. The Balaban J connectivity index is 1.89. The molecule has 1 aliphatic carbocycles. The third-order valence-corrected chi connectivity index (χ3v) is 4.02. The summed E-state index contributed by atoms with van der Waals surface area (Å²) in [6, 6.07) is 3.96. The molecule has 1 saturated carbocycles. The number of anilines is 1. The second-order valence-corrected chi connectivity index (χ2v) is 5.88. The van der Waals surface area contributed by atoms with Gasteiger partial charge in [-0.15, -0.1) is 0 Å². The summed E-state index contributed by atoms with van der Waals surface area (Å²) in [5.41, 5.74) is -0.00633. The van der Waals surface area contributed by atoms with E-state index in [9.17, 15) is 19.1 Å². The van der Waals surface area contributed by atoms with Crippen LogP contribution < -0.4 is 10.6 Å². The Morgan fingerprint density at radius 1 is 1.23 bits per heavy atom. The van der Waals surface area contributed by atoms with Gasteiger partial charge in [-0.2, -0.15) is 0 Å². The first kappa shape index (κ1) is 16.4. The Hall–Kier alpha value is -1.95. The molecule has 22 heavy (non-hydrogen) atoms. The molecule has 5 nitrogen and oxygen atoms in total. The number of amides is 2. The van der Waals surface area contributed by atoms with Crippen molar-refractivity contribution in [1.82, 2.24) is 5.32 Å². The highest BCUT2D eigenvalue weighted by molar-refractivity contribution is 6.39. The molecule has 120 valence electrons. The lowest BCUT2D eigenvalue weighted by atomic mass is 9.85. The number of hydrogen-bond acceptors (Lipinski definition) is 3. The van der Waals surface area contributed by atoms with Gasteiger partial charge in [0, 0.05) is 12.2 Å². The van der Waals surface area contributed by atoms with E-state index in [0.717, 1.165) is 25.3 Å². The van der Waals surface area contributed by atoms with E-state index < -0.39 is 23.2 Å². The summed E-state index contributed by atoms with van der Waals surface area (Å²) in [6.07, 6.45) is 4.16. The van der Waals surface area contributed by atoms with Gasteiger partial charge in [0.1, 0.15) is 5.82 Å². The van der Waals surface area contributed by atoms with Crippen LogP contribution in [0.2, 0.25) is 0 Å². The number of hydrogen-bond donors (Lipinski definition) is 3. The number of benzene rings is 1. The zero-order valence-electron chi connectivity index (χ0n) is 12.6. The number of carbonyl (C=O) groups is 2. The molecule has 3 N–H and O–H groups in total. The minimum atomic E-state index is -0.928. The van der Waals surface area contributed by atoms with Crippen LogP contribution in [0, 0.1) is 12.7 Å². The molecule has 0 heterocycles. The van der Waals surface area contributed by atoms with Crippen LogP contribution >= 0.6 is 0 Å². The molecule has 0 unspecified atom stereocenters. The lowest BCUT2D eigenvalue weighted by molar-refractivity contribution is -0.137. The van der Waals surface area contributed by atoms with Crippen molar-refractivity contribution in [2.45, 2.75) is 44.6 Å². The highest BCUT2D eigenvalue weighted by Gasteiger charge is 2.30. The first-order valence-corrected chi connectivity index (χ1v) is 7.47. The van der Waals surface area contributed by atoms with E-state index in [-0.39, 0.29) is 12.2 Å². The average Bonchev–Trinajstić information content (AvgIpc) is 2.49. The maximum Gasteiger partial charge on any atom is 0.313 e.